The van der Waals surface area contributed by atoms with Crippen LogP contribution in [0.1, 0.15) is 19.8 Å². The molecule has 0 bridgehead atoms. The Balaban J connectivity index is 2.58. The third kappa shape index (κ3) is 4.64. The monoisotopic (exact) mass is 303 g/mol. The molecule has 1 fully saturated rings. The minimum atomic E-state index is -4.38. The van der Waals surface area contributed by atoms with E-state index in [2.05, 4.69) is 0 Å². The smallest absolute Gasteiger partial charge is 0.389 e. The van der Waals surface area contributed by atoms with Gasteiger partial charge in [0.2, 0.25) is 10.0 Å². The zero-order valence-electron chi connectivity index (χ0n) is 10.4. The van der Waals surface area contributed by atoms with Crippen molar-refractivity contribution in [1.29, 1.82) is 0 Å². The van der Waals surface area contributed by atoms with Gasteiger partial charge < -0.3 is 5.11 Å². The summed E-state index contributed by atoms with van der Waals surface area (Å²) >= 11 is 0. The Bertz CT molecular complexity index is 435. The van der Waals surface area contributed by atoms with Crippen LogP contribution in [0.5, 0.6) is 0 Å². The maximum absolute atomic E-state index is 12.0. The lowest BCUT2D eigenvalue weighted by molar-refractivity contribution is -0.142. The summed E-state index contributed by atoms with van der Waals surface area (Å²) in [4.78, 5) is 10.9. The van der Waals surface area contributed by atoms with E-state index >= 15 is 0 Å². The highest BCUT2D eigenvalue weighted by Gasteiger charge is 2.40. The molecule has 0 saturated carbocycles. The normalized spacial score (nSPS) is 25.7. The van der Waals surface area contributed by atoms with Crippen molar-refractivity contribution in [2.24, 2.45) is 11.8 Å². The first kappa shape index (κ1) is 16.2. The number of nitrogens with zero attached hydrogens (tertiary/aromatic N) is 1. The van der Waals surface area contributed by atoms with Gasteiger partial charge >= 0.3 is 12.1 Å². The van der Waals surface area contributed by atoms with E-state index in [0.29, 0.717) is 0 Å². The third-order valence-corrected chi connectivity index (χ3v) is 5.04. The van der Waals surface area contributed by atoms with Gasteiger partial charge in [0.05, 0.1) is 11.7 Å². The number of alkyl halides is 3. The molecule has 1 rings (SSSR count). The van der Waals surface area contributed by atoms with Gasteiger partial charge in [0.25, 0.3) is 0 Å². The molecule has 0 aromatic heterocycles. The van der Waals surface area contributed by atoms with Crippen LogP contribution in [0.3, 0.4) is 0 Å². The number of hydrogen-bond acceptors (Lipinski definition) is 3. The number of halogens is 3. The molecule has 1 aliphatic heterocycles. The summed E-state index contributed by atoms with van der Waals surface area (Å²) in [6.45, 7) is 1.50. The van der Waals surface area contributed by atoms with Crippen LogP contribution in [0.2, 0.25) is 0 Å². The highest BCUT2D eigenvalue weighted by molar-refractivity contribution is 7.89. The lowest BCUT2D eigenvalue weighted by Gasteiger charge is -2.16. The molecule has 9 heteroatoms. The maximum atomic E-state index is 12.0. The van der Waals surface area contributed by atoms with Crippen molar-refractivity contribution < 1.29 is 31.5 Å². The molecule has 1 N–H and O–H groups in total. The van der Waals surface area contributed by atoms with Crippen molar-refractivity contribution in [3.8, 4) is 0 Å². The lowest BCUT2D eigenvalue weighted by Crippen LogP contribution is -2.32. The minimum Gasteiger partial charge on any atom is -0.481 e. The van der Waals surface area contributed by atoms with Crippen LogP contribution in [-0.4, -0.2) is 48.8 Å². The second-order valence-corrected chi connectivity index (χ2v) is 6.86. The average Bonchev–Trinajstić information content (AvgIpc) is 2.58. The van der Waals surface area contributed by atoms with E-state index in [1.807, 2.05) is 0 Å². The highest BCUT2D eigenvalue weighted by Crippen LogP contribution is 2.27. The summed E-state index contributed by atoms with van der Waals surface area (Å²) in [6, 6.07) is 0. The van der Waals surface area contributed by atoms with Crippen LogP contribution in [0.25, 0.3) is 0 Å². The number of carbonyl (C=O) groups is 1. The van der Waals surface area contributed by atoms with Crippen LogP contribution >= 0.6 is 0 Å². The van der Waals surface area contributed by atoms with Gasteiger partial charge in [-0.05, 0) is 12.3 Å². The van der Waals surface area contributed by atoms with Gasteiger partial charge in [0, 0.05) is 19.5 Å². The second-order valence-electron chi connectivity index (χ2n) is 4.77. The van der Waals surface area contributed by atoms with Gasteiger partial charge in [-0.2, -0.15) is 13.2 Å². The largest absolute Gasteiger partial charge is 0.481 e. The molecule has 1 heterocycles. The number of aliphatic carboxylic acids is 1. The van der Waals surface area contributed by atoms with E-state index in [1.165, 1.54) is 0 Å². The summed E-state index contributed by atoms with van der Waals surface area (Å²) in [5.41, 5.74) is 0. The Morgan fingerprint density at radius 1 is 1.37 bits per heavy atom. The fourth-order valence-electron chi connectivity index (χ4n) is 2.06. The quantitative estimate of drug-likeness (QED) is 0.831. The second kappa shape index (κ2) is 5.66. The van der Waals surface area contributed by atoms with Crippen LogP contribution in [0.15, 0.2) is 0 Å². The molecule has 19 heavy (non-hydrogen) atoms. The predicted molar refractivity (Wildman–Crippen MR) is 60.9 cm³/mol. The Morgan fingerprint density at radius 3 is 2.37 bits per heavy atom. The molecule has 5 nitrogen and oxygen atoms in total. The molecule has 0 radical (unpaired) electrons. The van der Waals surface area contributed by atoms with Crippen LogP contribution in [0.4, 0.5) is 13.2 Å². The molecule has 2 unspecified atom stereocenters. The highest BCUT2D eigenvalue weighted by atomic mass is 32.2. The molecule has 0 aromatic carbocycles. The molecular formula is C10H16F3NO4S. The van der Waals surface area contributed by atoms with E-state index < -0.39 is 46.7 Å². The van der Waals surface area contributed by atoms with Crippen LogP contribution in [0, 0.1) is 11.8 Å². The van der Waals surface area contributed by atoms with Crippen molar-refractivity contribution in [2.75, 3.05) is 18.8 Å². The Morgan fingerprint density at radius 2 is 1.95 bits per heavy atom. The van der Waals surface area contributed by atoms with E-state index in [4.69, 9.17) is 5.11 Å². The molecule has 0 spiro atoms. The van der Waals surface area contributed by atoms with Gasteiger partial charge in [-0.15, -0.1) is 0 Å². The van der Waals surface area contributed by atoms with Gasteiger partial charge in [-0.25, -0.2) is 12.7 Å². The average molecular weight is 303 g/mol. The van der Waals surface area contributed by atoms with Crippen molar-refractivity contribution in [3.63, 3.8) is 0 Å². The van der Waals surface area contributed by atoms with Gasteiger partial charge in [0.15, 0.2) is 0 Å². The first-order chi connectivity index (χ1) is 8.53. The number of sulfonamides is 1. The third-order valence-electron chi connectivity index (χ3n) is 3.15. The minimum absolute atomic E-state index is 0.0469. The van der Waals surface area contributed by atoms with Crippen molar-refractivity contribution in [3.05, 3.63) is 0 Å². The van der Waals surface area contributed by atoms with E-state index in [0.717, 1.165) is 4.31 Å². The molecule has 1 aliphatic rings. The first-order valence-electron chi connectivity index (χ1n) is 5.80. The summed E-state index contributed by atoms with van der Waals surface area (Å²) in [6.07, 6.45) is -6.04. The first-order valence-corrected chi connectivity index (χ1v) is 7.41. The van der Waals surface area contributed by atoms with Crippen LogP contribution in [-0.2, 0) is 14.8 Å². The zero-order valence-corrected chi connectivity index (χ0v) is 11.2. The topological polar surface area (TPSA) is 74.7 Å². The predicted octanol–water partition coefficient (Wildman–Crippen LogP) is 1.31. The van der Waals surface area contributed by atoms with Crippen molar-refractivity contribution in [2.45, 2.75) is 25.9 Å². The summed E-state index contributed by atoms with van der Waals surface area (Å²) in [5, 5.41) is 8.88. The molecule has 0 aliphatic carbocycles. The number of hydrogen-bond donors (Lipinski definition) is 1. The SMILES string of the molecule is CC1CN(S(=O)(=O)CCCC(F)(F)F)CC1C(=O)O. The number of carboxylic acids is 1. The molecule has 1 saturated heterocycles. The van der Waals surface area contributed by atoms with Crippen molar-refractivity contribution >= 4 is 16.0 Å². The molecule has 0 aromatic rings. The summed E-state index contributed by atoms with van der Waals surface area (Å²) < 4.78 is 60.4. The summed E-state index contributed by atoms with van der Waals surface area (Å²) in [7, 11) is -3.81. The fraction of sp³-hybridized carbons (Fsp3) is 0.900. The Hall–Kier alpha value is -0.830. The van der Waals surface area contributed by atoms with Gasteiger partial charge in [-0.1, -0.05) is 6.92 Å². The fourth-order valence-corrected chi connectivity index (χ4v) is 3.67. The molecule has 2 atom stereocenters. The Labute approximate surface area is 109 Å². The number of rotatable bonds is 5. The molecular weight excluding hydrogens is 287 g/mol. The summed E-state index contributed by atoms with van der Waals surface area (Å²) in [5.74, 6) is -2.82. The van der Waals surface area contributed by atoms with E-state index in [-0.39, 0.29) is 19.0 Å². The Kier molecular flexibility index (Phi) is 4.83. The zero-order chi connectivity index (χ0) is 14.8. The van der Waals surface area contributed by atoms with Gasteiger partial charge in [-0.3, -0.25) is 4.79 Å². The van der Waals surface area contributed by atoms with Crippen LogP contribution < -0.4 is 0 Å². The number of carboxylic acid groups (broad SMARTS) is 1. The lowest BCUT2D eigenvalue weighted by atomic mass is 9.99. The van der Waals surface area contributed by atoms with Gasteiger partial charge in [0.1, 0.15) is 0 Å². The van der Waals surface area contributed by atoms with E-state index in [9.17, 15) is 26.4 Å². The van der Waals surface area contributed by atoms with Crippen molar-refractivity contribution in [1.82, 2.24) is 4.31 Å². The molecule has 0 amide bonds. The maximum Gasteiger partial charge on any atom is 0.389 e. The molecule has 112 valence electrons. The van der Waals surface area contributed by atoms with E-state index in [1.54, 1.807) is 6.92 Å². The standard InChI is InChI=1S/C10H16F3NO4S/c1-7-5-14(6-8(7)9(15)16)19(17,18)4-2-3-10(11,12)13/h7-8H,2-6H2,1H3,(H,15,16).